The van der Waals surface area contributed by atoms with Crippen LogP contribution >= 0.6 is 0 Å². The summed E-state index contributed by atoms with van der Waals surface area (Å²) in [4.78, 5) is 15.0. The molecular weight excluding hydrogens is 425 g/mol. The number of fused-ring (bicyclic) bond motifs is 2. The fourth-order valence-corrected chi connectivity index (χ4v) is 9.22. The van der Waals surface area contributed by atoms with Crippen LogP contribution in [0.5, 0.6) is 5.75 Å². The average molecular weight is 470 g/mol. The van der Waals surface area contributed by atoms with Gasteiger partial charge >= 0.3 is 0 Å². The third-order valence-corrected chi connectivity index (χ3v) is 9.11. The van der Waals surface area contributed by atoms with Gasteiger partial charge in [-0.1, -0.05) is 34.6 Å². The van der Waals surface area contributed by atoms with Crippen LogP contribution in [0.1, 0.15) is 121 Å². The van der Waals surface area contributed by atoms with Gasteiger partial charge in [0.25, 0.3) is 5.91 Å². The first kappa shape index (κ1) is 24.1. The van der Waals surface area contributed by atoms with E-state index in [9.17, 15) is 4.79 Å². The third kappa shape index (κ3) is 4.63. The highest BCUT2D eigenvalue weighted by atomic mass is 19.1. The Balaban J connectivity index is 1.37. The molecule has 1 aromatic carbocycles. The summed E-state index contributed by atoms with van der Waals surface area (Å²) in [5.41, 5.74) is 2.40. The van der Waals surface area contributed by atoms with Crippen molar-refractivity contribution in [2.24, 2.45) is 21.7 Å². The number of likely N-dealkylation sites (tertiary alicyclic amines) is 1. The Morgan fingerprint density at radius 3 is 2.21 bits per heavy atom. The van der Waals surface area contributed by atoms with E-state index >= 15 is 4.39 Å². The molecule has 4 aliphatic rings. The van der Waals surface area contributed by atoms with Crippen molar-refractivity contribution in [2.45, 2.75) is 111 Å². The van der Waals surface area contributed by atoms with Crippen molar-refractivity contribution in [1.82, 2.24) is 4.90 Å². The van der Waals surface area contributed by atoms with Crippen LogP contribution in [0.4, 0.5) is 4.39 Å². The van der Waals surface area contributed by atoms with E-state index in [-0.39, 0.29) is 22.9 Å². The van der Waals surface area contributed by atoms with Gasteiger partial charge in [-0.2, -0.15) is 0 Å². The second kappa shape index (κ2) is 7.96. The number of halogens is 1. The Bertz CT molecular complexity index is 952. The fraction of sp³-hybridized carbons (Fsp3) is 0.767. The molecule has 4 fully saturated rings. The zero-order valence-electron chi connectivity index (χ0n) is 22.2. The summed E-state index contributed by atoms with van der Waals surface area (Å²) in [5.74, 6) is 0.465. The molecule has 3 nitrogen and oxygen atoms in total. The highest BCUT2D eigenvalue weighted by Crippen LogP contribution is 2.65. The molecule has 1 saturated heterocycles. The Kier molecular flexibility index (Phi) is 5.65. The van der Waals surface area contributed by atoms with Crippen LogP contribution in [0.25, 0.3) is 0 Å². The summed E-state index contributed by atoms with van der Waals surface area (Å²) in [6, 6.07) is 3.52. The molecular formula is C30H44FNO2. The molecule has 2 bridgehead atoms. The van der Waals surface area contributed by atoms with Crippen LogP contribution in [0.15, 0.2) is 12.1 Å². The second-order valence-electron chi connectivity index (χ2n) is 14.4. The molecule has 1 amide bonds. The minimum atomic E-state index is -0.435. The van der Waals surface area contributed by atoms with E-state index in [1.54, 1.807) is 0 Å². The summed E-state index contributed by atoms with van der Waals surface area (Å²) in [6.45, 7) is 15.6. The van der Waals surface area contributed by atoms with Crippen LogP contribution in [-0.2, 0) is 0 Å². The van der Waals surface area contributed by atoms with Gasteiger partial charge in [0, 0.05) is 24.1 Å². The number of hydrogen-bond donors (Lipinski definition) is 0. The molecule has 3 unspecified atom stereocenters. The second-order valence-corrected chi connectivity index (χ2v) is 14.4. The van der Waals surface area contributed by atoms with E-state index in [4.69, 9.17) is 4.74 Å². The lowest BCUT2D eigenvalue weighted by molar-refractivity contribution is -0.108. The largest absolute Gasteiger partial charge is 0.493 e. The number of carbonyl (C=O) groups excluding carboxylic acids is 1. The van der Waals surface area contributed by atoms with Gasteiger partial charge in [0.05, 0.1) is 12.2 Å². The molecule has 3 atom stereocenters. The van der Waals surface area contributed by atoms with Crippen molar-refractivity contribution >= 4 is 5.91 Å². The standard InChI is InChI=1S/C30H44FNO2/c1-20-8-7-11-32(20)26(33)23-12-22(21-9-10-21)25(13-24(23)31)34-19-30(6)17-28(4)14-27(2,3)15-29(5,16-28)18-30/h12-13,20-21H,7-11,14-19H2,1-6H3. The van der Waals surface area contributed by atoms with Crippen LogP contribution < -0.4 is 4.74 Å². The summed E-state index contributed by atoms with van der Waals surface area (Å²) < 4.78 is 21.8. The predicted molar refractivity (Wildman–Crippen MR) is 135 cm³/mol. The van der Waals surface area contributed by atoms with E-state index in [2.05, 4.69) is 41.5 Å². The normalized spacial score (nSPS) is 37.0. The highest BCUT2D eigenvalue weighted by Gasteiger charge is 2.55. The lowest BCUT2D eigenvalue weighted by atomic mass is 9.45. The maximum Gasteiger partial charge on any atom is 0.257 e. The number of benzene rings is 1. The van der Waals surface area contributed by atoms with Gasteiger partial charge in [-0.3, -0.25) is 4.79 Å². The topological polar surface area (TPSA) is 29.5 Å². The molecule has 5 rings (SSSR count). The first-order valence-corrected chi connectivity index (χ1v) is 13.6. The number of ether oxygens (including phenoxy) is 1. The summed E-state index contributed by atoms with van der Waals surface area (Å²) in [5, 5.41) is 0. The van der Waals surface area contributed by atoms with Gasteiger partial charge in [0.2, 0.25) is 0 Å². The van der Waals surface area contributed by atoms with E-state index in [0.29, 0.717) is 34.5 Å². The lowest BCUT2D eigenvalue weighted by Crippen LogP contribution is -2.51. The number of carbonyl (C=O) groups is 1. The Hall–Kier alpha value is -1.58. The van der Waals surface area contributed by atoms with Gasteiger partial charge in [-0.25, -0.2) is 4.39 Å². The first-order valence-electron chi connectivity index (χ1n) is 13.6. The van der Waals surface area contributed by atoms with Gasteiger partial charge in [0.15, 0.2) is 0 Å². The van der Waals surface area contributed by atoms with Crippen LogP contribution in [0, 0.1) is 27.5 Å². The van der Waals surface area contributed by atoms with Gasteiger partial charge < -0.3 is 9.64 Å². The maximum atomic E-state index is 15.3. The van der Waals surface area contributed by atoms with Crippen LogP contribution in [0.3, 0.4) is 0 Å². The number of amides is 1. The molecule has 34 heavy (non-hydrogen) atoms. The molecule has 0 N–H and O–H groups in total. The van der Waals surface area contributed by atoms with E-state index in [1.165, 1.54) is 25.3 Å². The van der Waals surface area contributed by atoms with Crippen LogP contribution in [-0.4, -0.2) is 30.0 Å². The van der Waals surface area contributed by atoms with E-state index < -0.39 is 5.82 Å². The van der Waals surface area contributed by atoms with E-state index in [0.717, 1.165) is 50.6 Å². The van der Waals surface area contributed by atoms with Crippen molar-refractivity contribution in [2.75, 3.05) is 13.2 Å². The molecule has 0 aromatic heterocycles. The first-order chi connectivity index (χ1) is 15.8. The highest BCUT2D eigenvalue weighted by molar-refractivity contribution is 5.95. The Morgan fingerprint density at radius 2 is 1.65 bits per heavy atom. The molecule has 1 heterocycles. The van der Waals surface area contributed by atoms with Gasteiger partial charge in [0.1, 0.15) is 11.6 Å². The predicted octanol–water partition coefficient (Wildman–Crippen LogP) is 7.73. The van der Waals surface area contributed by atoms with E-state index in [1.807, 2.05) is 11.0 Å². The number of hydrogen-bond acceptors (Lipinski definition) is 2. The van der Waals surface area contributed by atoms with Crippen molar-refractivity contribution in [1.29, 1.82) is 0 Å². The summed E-state index contributed by atoms with van der Waals surface area (Å²) in [6.07, 6.45) is 10.3. The zero-order valence-corrected chi connectivity index (χ0v) is 22.2. The molecule has 188 valence electrons. The molecule has 0 spiro atoms. The van der Waals surface area contributed by atoms with Crippen molar-refractivity contribution in [3.8, 4) is 5.75 Å². The average Bonchev–Trinajstić information content (AvgIpc) is 3.42. The van der Waals surface area contributed by atoms with Crippen molar-refractivity contribution in [3.63, 3.8) is 0 Å². The maximum absolute atomic E-state index is 15.3. The molecule has 1 aromatic rings. The molecule has 3 saturated carbocycles. The minimum Gasteiger partial charge on any atom is -0.493 e. The molecule has 4 heteroatoms. The van der Waals surface area contributed by atoms with Crippen LogP contribution in [0.2, 0.25) is 0 Å². The fourth-order valence-electron chi connectivity index (χ4n) is 9.22. The minimum absolute atomic E-state index is 0.0784. The lowest BCUT2D eigenvalue weighted by Gasteiger charge is -2.60. The zero-order chi connectivity index (χ0) is 24.5. The molecule has 0 radical (unpaired) electrons. The number of nitrogens with zero attached hydrogens (tertiary/aromatic N) is 1. The van der Waals surface area contributed by atoms with Crippen molar-refractivity contribution in [3.05, 3.63) is 29.1 Å². The summed E-state index contributed by atoms with van der Waals surface area (Å²) in [7, 11) is 0. The van der Waals surface area contributed by atoms with Crippen molar-refractivity contribution < 1.29 is 13.9 Å². The van der Waals surface area contributed by atoms with Gasteiger partial charge in [-0.05, 0) is 98.5 Å². The Labute approximate surface area is 205 Å². The molecule has 3 aliphatic carbocycles. The smallest absolute Gasteiger partial charge is 0.257 e. The van der Waals surface area contributed by atoms with Gasteiger partial charge in [-0.15, -0.1) is 0 Å². The Morgan fingerprint density at radius 1 is 1.00 bits per heavy atom. The number of rotatable bonds is 5. The monoisotopic (exact) mass is 469 g/mol. The summed E-state index contributed by atoms with van der Waals surface area (Å²) >= 11 is 0. The third-order valence-electron chi connectivity index (χ3n) is 9.11. The quantitative estimate of drug-likeness (QED) is 0.441. The molecule has 1 aliphatic heterocycles. The SMILES string of the molecule is CC1CCCN1C(=O)c1cc(C2CC2)c(OCC2(C)CC3(C)CC(C)(C)CC(C)(C2)C3)cc1F.